The second-order valence-electron chi connectivity index (χ2n) is 8.10. The lowest BCUT2D eigenvalue weighted by Gasteiger charge is -2.26. The van der Waals surface area contributed by atoms with Crippen molar-refractivity contribution in [2.24, 2.45) is 0 Å². The summed E-state index contributed by atoms with van der Waals surface area (Å²) in [6.07, 6.45) is 0. The number of rotatable bonds is 7. The van der Waals surface area contributed by atoms with E-state index in [0.717, 1.165) is 4.80 Å². The van der Waals surface area contributed by atoms with Crippen LogP contribution in [-0.4, -0.2) is 51.2 Å². The Morgan fingerprint density at radius 3 is 2.47 bits per heavy atom. The first-order valence-electron chi connectivity index (χ1n) is 9.94. The number of carbonyl (C=O) groups is 2. The number of nitrogens with zero attached hydrogens (tertiary/aromatic N) is 5. The van der Waals surface area contributed by atoms with Crippen LogP contribution in [0.3, 0.4) is 0 Å². The van der Waals surface area contributed by atoms with E-state index < -0.39 is 11.4 Å². The van der Waals surface area contributed by atoms with Crippen molar-refractivity contribution in [2.75, 3.05) is 18.6 Å². The van der Waals surface area contributed by atoms with Gasteiger partial charge in [0.05, 0.1) is 12.8 Å². The van der Waals surface area contributed by atoms with Gasteiger partial charge in [0, 0.05) is 11.1 Å². The van der Waals surface area contributed by atoms with Crippen molar-refractivity contribution < 1.29 is 18.7 Å². The molecular formula is C22H25FN6O3. The summed E-state index contributed by atoms with van der Waals surface area (Å²) in [7, 11) is 1.49. The average molecular weight is 440 g/mol. The zero-order valence-electron chi connectivity index (χ0n) is 18.4. The fraction of sp³-hybridized carbons (Fsp3) is 0.318. The monoisotopic (exact) mass is 440 g/mol. The SMILES string of the molecule is COc1ccccc1N(CC(=O)NC(C)(C)C)C(=O)Cn1nnc(-c2ccc(F)cc2)n1. The largest absolute Gasteiger partial charge is 0.495 e. The van der Waals surface area contributed by atoms with E-state index in [0.29, 0.717) is 17.0 Å². The number of nitrogens with one attached hydrogen (secondary N) is 1. The number of tetrazole rings is 1. The zero-order chi connectivity index (χ0) is 23.3. The van der Waals surface area contributed by atoms with Gasteiger partial charge in [-0.05, 0) is 62.4 Å². The Morgan fingerprint density at radius 2 is 1.81 bits per heavy atom. The molecule has 2 aromatic carbocycles. The molecule has 0 bridgehead atoms. The van der Waals surface area contributed by atoms with E-state index in [1.54, 1.807) is 24.3 Å². The molecule has 0 aliphatic carbocycles. The third-order valence-corrected chi connectivity index (χ3v) is 4.33. The summed E-state index contributed by atoms with van der Waals surface area (Å²) in [5, 5.41) is 14.9. The lowest BCUT2D eigenvalue weighted by molar-refractivity contribution is -0.125. The van der Waals surface area contributed by atoms with Gasteiger partial charge in [0.15, 0.2) is 0 Å². The predicted octanol–water partition coefficient (Wildman–Crippen LogP) is 2.44. The second-order valence-corrected chi connectivity index (χ2v) is 8.10. The quantitative estimate of drug-likeness (QED) is 0.605. The standard InChI is InChI=1S/C22H25FN6O3/c1-22(2,3)24-19(30)13-28(17-7-5-6-8-18(17)32-4)20(31)14-29-26-21(25-27-29)15-9-11-16(23)12-10-15/h5-12H,13-14H2,1-4H3,(H,24,30). The topological polar surface area (TPSA) is 102 Å². The van der Waals surface area contributed by atoms with Gasteiger partial charge in [-0.15, -0.1) is 10.2 Å². The van der Waals surface area contributed by atoms with E-state index in [1.807, 2.05) is 20.8 Å². The normalized spacial score (nSPS) is 11.2. The summed E-state index contributed by atoms with van der Waals surface area (Å²) in [6, 6.07) is 12.6. The van der Waals surface area contributed by atoms with Crippen LogP contribution >= 0.6 is 0 Å². The summed E-state index contributed by atoms with van der Waals surface area (Å²) in [5.41, 5.74) is 0.559. The van der Waals surface area contributed by atoms with Crippen LogP contribution < -0.4 is 15.0 Å². The molecule has 9 nitrogen and oxygen atoms in total. The van der Waals surface area contributed by atoms with Crippen LogP contribution in [0.5, 0.6) is 5.75 Å². The molecule has 10 heteroatoms. The molecule has 32 heavy (non-hydrogen) atoms. The van der Waals surface area contributed by atoms with E-state index >= 15 is 0 Å². The Labute approximate surface area is 185 Å². The number of para-hydroxylation sites is 2. The number of hydrogen-bond acceptors (Lipinski definition) is 6. The molecule has 0 aliphatic heterocycles. The van der Waals surface area contributed by atoms with Gasteiger partial charge >= 0.3 is 0 Å². The molecule has 0 radical (unpaired) electrons. The molecule has 0 unspecified atom stereocenters. The Bertz CT molecular complexity index is 1090. The number of hydrogen-bond donors (Lipinski definition) is 1. The highest BCUT2D eigenvalue weighted by molar-refractivity contribution is 5.99. The number of halogens is 1. The minimum Gasteiger partial charge on any atom is -0.495 e. The van der Waals surface area contributed by atoms with E-state index in [4.69, 9.17) is 4.74 Å². The molecule has 3 aromatic rings. The maximum atomic E-state index is 13.2. The van der Waals surface area contributed by atoms with E-state index in [-0.39, 0.29) is 30.6 Å². The first-order chi connectivity index (χ1) is 15.2. The summed E-state index contributed by atoms with van der Waals surface area (Å²) in [4.78, 5) is 28.2. The van der Waals surface area contributed by atoms with Crippen molar-refractivity contribution in [3.8, 4) is 17.1 Å². The smallest absolute Gasteiger partial charge is 0.251 e. The van der Waals surface area contributed by atoms with Gasteiger partial charge in [0.2, 0.25) is 11.7 Å². The van der Waals surface area contributed by atoms with Crippen LogP contribution in [0.15, 0.2) is 48.5 Å². The lowest BCUT2D eigenvalue weighted by Crippen LogP contribution is -2.48. The van der Waals surface area contributed by atoms with Crippen molar-refractivity contribution in [3.63, 3.8) is 0 Å². The van der Waals surface area contributed by atoms with Crippen LogP contribution in [0.2, 0.25) is 0 Å². The highest BCUT2D eigenvalue weighted by Crippen LogP contribution is 2.28. The fourth-order valence-corrected chi connectivity index (χ4v) is 2.99. The van der Waals surface area contributed by atoms with Gasteiger partial charge in [-0.25, -0.2) is 4.39 Å². The zero-order valence-corrected chi connectivity index (χ0v) is 18.4. The van der Waals surface area contributed by atoms with E-state index in [9.17, 15) is 14.0 Å². The predicted molar refractivity (Wildman–Crippen MR) is 116 cm³/mol. The summed E-state index contributed by atoms with van der Waals surface area (Å²) in [6.45, 7) is 5.11. The molecule has 1 heterocycles. The second kappa shape index (κ2) is 9.54. The van der Waals surface area contributed by atoms with Crippen LogP contribution in [0.25, 0.3) is 11.4 Å². The van der Waals surface area contributed by atoms with Crippen molar-refractivity contribution >= 4 is 17.5 Å². The molecule has 3 rings (SSSR count). The Hall–Kier alpha value is -3.82. The van der Waals surface area contributed by atoms with Gasteiger partial charge < -0.3 is 10.1 Å². The van der Waals surface area contributed by atoms with Gasteiger partial charge in [-0.1, -0.05) is 12.1 Å². The van der Waals surface area contributed by atoms with E-state index in [1.165, 1.54) is 36.3 Å². The van der Waals surface area contributed by atoms with Crippen molar-refractivity contribution in [1.82, 2.24) is 25.5 Å². The number of ether oxygens (including phenoxy) is 1. The average Bonchev–Trinajstić information content (AvgIpc) is 3.19. The number of carbonyl (C=O) groups excluding carboxylic acids is 2. The van der Waals surface area contributed by atoms with Gasteiger partial charge in [0.25, 0.3) is 5.91 Å². The van der Waals surface area contributed by atoms with Crippen LogP contribution in [0, 0.1) is 5.82 Å². The first-order valence-corrected chi connectivity index (χ1v) is 9.94. The summed E-state index contributed by atoms with van der Waals surface area (Å²) < 4.78 is 18.5. The molecule has 2 amide bonds. The van der Waals surface area contributed by atoms with Gasteiger partial charge in [-0.2, -0.15) is 4.80 Å². The maximum Gasteiger partial charge on any atom is 0.251 e. The molecule has 0 saturated heterocycles. The van der Waals surface area contributed by atoms with Crippen LogP contribution in [0.1, 0.15) is 20.8 Å². The molecular weight excluding hydrogens is 415 g/mol. The number of amides is 2. The number of benzene rings is 2. The molecule has 1 N–H and O–H groups in total. The molecule has 0 saturated carbocycles. The molecule has 1 aromatic heterocycles. The number of methoxy groups -OCH3 is 1. The summed E-state index contributed by atoms with van der Waals surface area (Å²) >= 11 is 0. The highest BCUT2D eigenvalue weighted by Gasteiger charge is 2.25. The summed E-state index contributed by atoms with van der Waals surface area (Å²) in [5.74, 6) is -0.427. The molecule has 0 spiro atoms. The number of aromatic nitrogens is 4. The van der Waals surface area contributed by atoms with E-state index in [2.05, 4.69) is 20.7 Å². The van der Waals surface area contributed by atoms with Crippen LogP contribution in [0.4, 0.5) is 10.1 Å². The Morgan fingerprint density at radius 1 is 1.12 bits per heavy atom. The Kier molecular flexibility index (Phi) is 6.82. The van der Waals surface area contributed by atoms with Gasteiger partial charge in [0.1, 0.15) is 24.7 Å². The van der Waals surface area contributed by atoms with Crippen molar-refractivity contribution in [3.05, 3.63) is 54.3 Å². The maximum absolute atomic E-state index is 13.2. The molecule has 168 valence electrons. The third-order valence-electron chi connectivity index (χ3n) is 4.33. The number of anilines is 1. The first kappa shape index (κ1) is 22.9. The fourth-order valence-electron chi connectivity index (χ4n) is 2.99. The van der Waals surface area contributed by atoms with Gasteiger partial charge in [-0.3, -0.25) is 14.5 Å². The minimum atomic E-state index is -0.454. The van der Waals surface area contributed by atoms with Crippen molar-refractivity contribution in [2.45, 2.75) is 32.9 Å². The Balaban J connectivity index is 1.83. The molecule has 0 atom stereocenters. The highest BCUT2D eigenvalue weighted by atomic mass is 19.1. The third kappa shape index (κ3) is 5.87. The van der Waals surface area contributed by atoms with Crippen molar-refractivity contribution in [1.29, 1.82) is 0 Å². The minimum absolute atomic E-state index is 0.212. The van der Waals surface area contributed by atoms with Crippen LogP contribution in [-0.2, 0) is 16.1 Å². The lowest BCUT2D eigenvalue weighted by atomic mass is 10.1. The molecule has 0 fully saturated rings. The molecule has 0 aliphatic rings.